The second-order valence-electron chi connectivity index (χ2n) is 4.09. The number of aryl methyl sites for hydroxylation is 2. The van der Waals surface area contributed by atoms with Crippen LogP contribution in [0.4, 0.5) is 11.5 Å². The Labute approximate surface area is 105 Å². The lowest BCUT2D eigenvalue weighted by Gasteiger charge is -2.05. The number of hydrogen-bond acceptors (Lipinski definition) is 4. The van der Waals surface area contributed by atoms with Crippen molar-refractivity contribution in [2.24, 2.45) is 0 Å². The van der Waals surface area contributed by atoms with Crippen LogP contribution in [0, 0.1) is 13.8 Å². The molecule has 0 fully saturated rings. The molecule has 0 saturated heterocycles. The predicted molar refractivity (Wildman–Crippen MR) is 69.5 cm³/mol. The maximum Gasteiger partial charge on any atom is 0.244 e. The summed E-state index contributed by atoms with van der Waals surface area (Å²) >= 11 is 0. The maximum atomic E-state index is 11.6. The van der Waals surface area contributed by atoms with Gasteiger partial charge in [-0.1, -0.05) is 22.9 Å². The zero-order chi connectivity index (χ0) is 13.0. The van der Waals surface area contributed by atoms with Crippen LogP contribution < -0.4 is 10.6 Å². The largest absolute Gasteiger partial charge is 0.376 e. The Kier molecular flexibility index (Phi) is 3.62. The molecule has 1 amide bonds. The molecule has 2 N–H and O–H groups in total. The van der Waals surface area contributed by atoms with Crippen molar-refractivity contribution < 1.29 is 9.32 Å². The van der Waals surface area contributed by atoms with Crippen molar-refractivity contribution in [2.45, 2.75) is 13.8 Å². The van der Waals surface area contributed by atoms with E-state index in [1.807, 2.05) is 31.2 Å². The molecule has 0 unspecified atom stereocenters. The average molecular weight is 245 g/mol. The van der Waals surface area contributed by atoms with Gasteiger partial charge in [-0.15, -0.1) is 0 Å². The van der Waals surface area contributed by atoms with E-state index in [1.54, 1.807) is 13.0 Å². The van der Waals surface area contributed by atoms with Gasteiger partial charge in [0.1, 0.15) is 5.76 Å². The Morgan fingerprint density at radius 1 is 1.28 bits per heavy atom. The summed E-state index contributed by atoms with van der Waals surface area (Å²) in [5, 5.41) is 9.35. The molecule has 0 atom stereocenters. The van der Waals surface area contributed by atoms with Gasteiger partial charge >= 0.3 is 0 Å². The Morgan fingerprint density at radius 2 is 2.00 bits per heavy atom. The summed E-state index contributed by atoms with van der Waals surface area (Å²) in [5.74, 6) is 0.934. The van der Waals surface area contributed by atoms with Crippen LogP contribution in [0.2, 0.25) is 0 Å². The number of nitrogens with one attached hydrogen (secondary N) is 2. The highest BCUT2D eigenvalue weighted by Crippen LogP contribution is 2.09. The molecule has 2 aromatic rings. The van der Waals surface area contributed by atoms with Crippen molar-refractivity contribution in [1.82, 2.24) is 5.16 Å². The summed E-state index contributed by atoms with van der Waals surface area (Å²) < 4.78 is 4.86. The molecule has 0 aliphatic rings. The third kappa shape index (κ3) is 3.35. The van der Waals surface area contributed by atoms with Crippen LogP contribution in [-0.4, -0.2) is 17.6 Å². The molecule has 18 heavy (non-hydrogen) atoms. The number of benzene rings is 1. The van der Waals surface area contributed by atoms with E-state index in [-0.39, 0.29) is 12.5 Å². The van der Waals surface area contributed by atoms with Crippen molar-refractivity contribution in [1.29, 1.82) is 0 Å². The molecule has 0 spiro atoms. The first kappa shape index (κ1) is 12.2. The van der Waals surface area contributed by atoms with Gasteiger partial charge in [0.05, 0.1) is 6.54 Å². The van der Waals surface area contributed by atoms with Crippen LogP contribution in [0.3, 0.4) is 0 Å². The maximum absolute atomic E-state index is 11.6. The van der Waals surface area contributed by atoms with E-state index in [9.17, 15) is 4.79 Å². The summed E-state index contributed by atoms with van der Waals surface area (Å²) in [7, 11) is 0. The van der Waals surface area contributed by atoms with E-state index in [0.29, 0.717) is 11.6 Å². The zero-order valence-corrected chi connectivity index (χ0v) is 10.4. The fraction of sp³-hybridized carbons (Fsp3) is 0.231. The van der Waals surface area contributed by atoms with Crippen molar-refractivity contribution in [2.75, 3.05) is 17.2 Å². The number of aromatic nitrogens is 1. The highest BCUT2D eigenvalue weighted by molar-refractivity contribution is 5.92. The van der Waals surface area contributed by atoms with E-state index < -0.39 is 0 Å². The van der Waals surface area contributed by atoms with Crippen molar-refractivity contribution in [3.8, 4) is 0 Å². The number of anilines is 2. The highest BCUT2D eigenvalue weighted by atomic mass is 16.5. The van der Waals surface area contributed by atoms with Crippen LogP contribution in [0.25, 0.3) is 0 Å². The summed E-state index contributed by atoms with van der Waals surface area (Å²) in [5.41, 5.74) is 2.09. The van der Waals surface area contributed by atoms with Crippen LogP contribution in [0.1, 0.15) is 11.3 Å². The van der Waals surface area contributed by atoms with Gasteiger partial charge in [0.15, 0.2) is 5.82 Å². The molecule has 5 nitrogen and oxygen atoms in total. The molecule has 0 radical (unpaired) electrons. The van der Waals surface area contributed by atoms with Gasteiger partial charge in [0.2, 0.25) is 5.91 Å². The van der Waals surface area contributed by atoms with Crippen LogP contribution in [-0.2, 0) is 4.79 Å². The van der Waals surface area contributed by atoms with Gasteiger partial charge in [-0.2, -0.15) is 0 Å². The smallest absolute Gasteiger partial charge is 0.244 e. The van der Waals surface area contributed by atoms with Gasteiger partial charge in [-0.25, -0.2) is 0 Å². The lowest BCUT2D eigenvalue weighted by molar-refractivity contribution is -0.114. The van der Waals surface area contributed by atoms with Gasteiger partial charge in [-0.05, 0) is 26.0 Å². The standard InChI is InChI=1S/C13H15N3O2/c1-9-3-5-11(6-4-9)14-8-13(17)15-12-7-10(2)18-16-12/h3-7,14H,8H2,1-2H3,(H,15,16,17). The number of rotatable bonds is 4. The fourth-order valence-electron chi connectivity index (χ4n) is 1.47. The lowest BCUT2D eigenvalue weighted by atomic mass is 10.2. The van der Waals surface area contributed by atoms with E-state index >= 15 is 0 Å². The van der Waals surface area contributed by atoms with Gasteiger partial charge in [0.25, 0.3) is 0 Å². The third-order valence-electron chi connectivity index (χ3n) is 2.40. The number of amides is 1. The van der Waals surface area contributed by atoms with Crippen LogP contribution >= 0.6 is 0 Å². The zero-order valence-electron chi connectivity index (χ0n) is 10.4. The normalized spacial score (nSPS) is 10.1. The Hall–Kier alpha value is -2.30. The first-order chi connectivity index (χ1) is 8.63. The minimum atomic E-state index is -0.163. The minimum absolute atomic E-state index is 0.163. The van der Waals surface area contributed by atoms with Crippen LogP contribution in [0.5, 0.6) is 0 Å². The highest BCUT2D eigenvalue weighted by Gasteiger charge is 2.05. The van der Waals surface area contributed by atoms with Gasteiger partial charge < -0.3 is 15.2 Å². The molecule has 0 saturated carbocycles. The first-order valence-corrected chi connectivity index (χ1v) is 5.67. The number of hydrogen-bond donors (Lipinski definition) is 2. The van der Waals surface area contributed by atoms with Gasteiger partial charge in [0, 0.05) is 11.8 Å². The molecule has 0 aliphatic heterocycles. The summed E-state index contributed by atoms with van der Waals surface area (Å²) in [6, 6.07) is 9.51. The number of nitrogens with zero attached hydrogens (tertiary/aromatic N) is 1. The summed E-state index contributed by atoms with van der Waals surface area (Å²) in [4.78, 5) is 11.6. The molecular formula is C13H15N3O2. The van der Waals surface area contributed by atoms with E-state index in [1.165, 1.54) is 5.56 Å². The van der Waals surface area contributed by atoms with Gasteiger partial charge in [-0.3, -0.25) is 4.79 Å². The Bertz CT molecular complexity index is 531. The second kappa shape index (κ2) is 5.35. The molecule has 94 valence electrons. The van der Waals surface area contributed by atoms with E-state index in [4.69, 9.17) is 4.52 Å². The Balaban J connectivity index is 1.83. The van der Waals surface area contributed by atoms with E-state index in [0.717, 1.165) is 5.69 Å². The third-order valence-corrected chi connectivity index (χ3v) is 2.40. The predicted octanol–water partition coefficient (Wildman–Crippen LogP) is 2.34. The fourth-order valence-corrected chi connectivity index (χ4v) is 1.47. The molecule has 1 aromatic carbocycles. The molecule has 2 rings (SSSR count). The number of carbonyl (C=O) groups is 1. The Morgan fingerprint density at radius 3 is 2.61 bits per heavy atom. The molecule has 5 heteroatoms. The topological polar surface area (TPSA) is 67.2 Å². The quantitative estimate of drug-likeness (QED) is 0.867. The average Bonchev–Trinajstić information content (AvgIpc) is 2.74. The molecule has 1 aromatic heterocycles. The van der Waals surface area contributed by atoms with E-state index in [2.05, 4.69) is 15.8 Å². The molecular weight excluding hydrogens is 230 g/mol. The molecule has 1 heterocycles. The van der Waals surface area contributed by atoms with Crippen molar-refractivity contribution in [3.63, 3.8) is 0 Å². The summed E-state index contributed by atoms with van der Waals surface area (Å²) in [6.45, 7) is 3.98. The molecule has 0 aliphatic carbocycles. The summed E-state index contributed by atoms with van der Waals surface area (Å²) in [6.07, 6.45) is 0. The second-order valence-corrected chi connectivity index (χ2v) is 4.09. The molecule has 0 bridgehead atoms. The lowest BCUT2D eigenvalue weighted by Crippen LogP contribution is -2.21. The minimum Gasteiger partial charge on any atom is -0.376 e. The number of carbonyl (C=O) groups excluding carboxylic acids is 1. The SMILES string of the molecule is Cc1ccc(NCC(=O)Nc2cc(C)on2)cc1. The van der Waals surface area contributed by atoms with Crippen molar-refractivity contribution >= 4 is 17.4 Å². The van der Waals surface area contributed by atoms with Crippen molar-refractivity contribution in [3.05, 3.63) is 41.7 Å². The monoisotopic (exact) mass is 245 g/mol. The first-order valence-electron chi connectivity index (χ1n) is 5.67. The van der Waals surface area contributed by atoms with Crippen LogP contribution in [0.15, 0.2) is 34.9 Å².